The maximum Gasteiger partial charge on any atom is 0.531 e. The average molecular weight is 480 g/mol. The van der Waals surface area contributed by atoms with E-state index in [1.165, 1.54) is 18.6 Å². The largest absolute Gasteiger partial charge is 0.531 e. The van der Waals surface area contributed by atoms with Gasteiger partial charge in [-0.05, 0) is 31.4 Å². The summed E-state index contributed by atoms with van der Waals surface area (Å²) < 4.78 is 11.5. The molecule has 9 nitrogen and oxygen atoms in total. The SMILES string of the molecule is CC(C)C[C@H](CC(=O)[C@H](Cc1ccccc1)NC(=O)c1cnccn1)B1OCCN(C)CC(=O)O1. The van der Waals surface area contributed by atoms with Crippen LogP contribution in [-0.2, 0) is 25.3 Å². The Labute approximate surface area is 206 Å². The van der Waals surface area contributed by atoms with Gasteiger partial charge in [0.1, 0.15) is 5.69 Å². The molecule has 1 N–H and O–H groups in total. The van der Waals surface area contributed by atoms with Gasteiger partial charge >= 0.3 is 13.1 Å². The first-order valence-corrected chi connectivity index (χ1v) is 11.9. The van der Waals surface area contributed by atoms with Crippen molar-refractivity contribution in [2.75, 3.05) is 26.7 Å². The highest BCUT2D eigenvalue weighted by Crippen LogP contribution is 2.28. The first kappa shape index (κ1) is 26.5. The van der Waals surface area contributed by atoms with Crippen molar-refractivity contribution in [1.29, 1.82) is 0 Å². The smallest absolute Gasteiger partial charge is 0.508 e. The lowest BCUT2D eigenvalue weighted by Gasteiger charge is -2.29. The van der Waals surface area contributed by atoms with Crippen molar-refractivity contribution in [1.82, 2.24) is 20.2 Å². The molecule has 1 aromatic heterocycles. The second-order valence-electron chi connectivity index (χ2n) is 9.33. The molecule has 10 heteroatoms. The zero-order chi connectivity index (χ0) is 25.2. The molecule has 35 heavy (non-hydrogen) atoms. The second-order valence-corrected chi connectivity index (χ2v) is 9.33. The van der Waals surface area contributed by atoms with E-state index >= 15 is 0 Å². The summed E-state index contributed by atoms with van der Waals surface area (Å²) in [6, 6.07) is 8.72. The van der Waals surface area contributed by atoms with Gasteiger partial charge in [-0.1, -0.05) is 44.2 Å². The molecular formula is C25H33BN4O5. The number of rotatable bonds is 10. The van der Waals surface area contributed by atoms with Crippen molar-refractivity contribution in [2.24, 2.45) is 5.92 Å². The third kappa shape index (κ3) is 8.56. The molecule has 1 amide bonds. The summed E-state index contributed by atoms with van der Waals surface area (Å²) in [5.74, 6) is -1.08. The molecule has 1 aliphatic heterocycles. The fourth-order valence-electron chi connectivity index (χ4n) is 4.10. The van der Waals surface area contributed by atoms with Crippen LogP contribution in [0.4, 0.5) is 0 Å². The van der Waals surface area contributed by atoms with Gasteiger partial charge in [-0.2, -0.15) is 0 Å². The number of amides is 1. The summed E-state index contributed by atoms with van der Waals surface area (Å²) in [6.07, 6.45) is 5.34. The molecule has 0 saturated carbocycles. The van der Waals surface area contributed by atoms with Crippen molar-refractivity contribution in [2.45, 2.75) is 45.0 Å². The number of nitrogens with zero attached hydrogens (tertiary/aromatic N) is 3. The van der Waals surface area contributed by atoms with Gasteiger partial charge in [-0.15, -0.1) is 0 Å². The molecule has 0 radical (unpaired) electrons. The molecule has 0 bridgehead atoms. The molecule has 3 rings (SSSR count). The topological polar surface area (TPSA) is 111 Å². The minimum Gasteiger partial charge on any atom is -0.508 e. The van der Waals surface area contributed by atoms with E-state index in [0.717, 1.165) is 5.56 Å². The molecular weight excluding hydrogens is 447 g/mol. The highest BCUT2D eigenvalue weighted by Gasteiger charge is 2.38. The quantitative estimate of drug-likeness (QED) is 0.516. The fourth-order valence-corrected chi connectivity index (χ4v) is 4.10. The first-order valence-electron chi connectivity index (χ1n) is 11.9. The monoisotopic (exact) mass is 480 g/mol. The minimum absolute atomic E-state index is 0.101. The first-order chi connectivity index (χ1) is 16.8. The standard InChI is InChI=1S/C25H33BN4O5/c1-18(2)13-20(26-34-12-11-30(3)17-24(32)35-26)15-23(31)21(14-19-7-5-4-6-8-19)29-25(33)22-16-27-9-10-28-22/h4-10,16,18,20-21H,11-15,17H2,1-3H3,(H,29,33)/t20-,21+/m1/s1. The third-order valence-corrected chi connectivity index (χ3v) is 5.80. The van der Waals surface area contributed by atoms with Crippen LogP contribution < -0.4 is 5.32 Å². The molecule has 1 saturated heterocycles. The molecule has 1 fully saturated rings. The van der Waals surface area contributed by atoms with E-state index in [-0.39, 0.29) is 42.1 Å². The van der Waals surface area contributed by atoms with Crippen LogP contribution in [0.3, 0.4) is 0 Å². The molecule has 2 aromatic rings. The summed E-state index contributed by atoms with van der Waals surface area (Å²) >= 11 is 0. The van der Waals surface area contributed by atoms with Crippen LogP contribution in [0.25, 0.3) is 0 Å². The van der Waals surface area contributed by atoms with E-state index in [1.807, 2.05) is 56.1 Å². The summed E-state index contributed by atoms with van der Waals surface area (Å²) in [7, 11) is 1.02. The molecule has 0 spiro atoms. The second kappa shape index (κ2) is 13.1. The highest BCUT2D eigenvalue weighted by atomic mass is 16.6. The summed E-state index contributed by atoms with van der Waals surface area (Å²) in [4.78, 5) is 48.5. The Morgan fingerprint density at radius 2 is 1.97 bits per heavy atom. The van der Waals surface area contributed by atoms with Crippen molar-refractivity contribution in [3.05, 3.63) is 60.2 Å². The number of carbonyl (C=O) groups is 3. The number of likely N-dealkylation sites (N-methyl/N-ethyl adjacent to an activating group) is 1. The zero-order valence-electron chi connectivity index (χ0n) is 20.6. The van der Waals surface area contributed by atoms with E-state index in [4.69, 9.17) is 9.31 Å². The molecule has 186 valence electrons. The normalized spacial score (nSPS) is 16.7. The summed E-state index contributed by atoms with van der Waals surface area (Å²) in [5, 5.41) is 2.83. The maximum atomic E-state index is 13.6. The van der Waals surface area contributed by atoms with Crippen LogP contribution in [0.5, 0.6) is 0 Å². The highest BCUT2D eigenvalue weighted by molar-refractivity contribution is 6.49. The van der Waals surface area contributed by atoms with Crippen molar-refractivity contribution < 1.29 is 23.7 Å². The number of nitrogens with one attached hydrogen (secondary N) is 1. The van der Waals surface area contributed by atoms with Gasteiger partial charge < -0.3 is 14.6 Å². The lowest BCUT2D eigenvalue weighted by Crippen LogP contribution is -2.46. The van der Waals surface area contributed by atoms with Gasteiger partial charge in [-0.25, -0.2) is 4.98 Å². The number of aromatic nitrogens is 2. The lowest BCUT2D eigenvalue weighted by atomic mass is 9.64. The lowest BCUT2D eigenvalue weighted by molar-refractivity contribution is -0.138. The maximum absolute atomic E-state index is 13.6. The summed E-state index contributed by atoms with van der Waals surface area (Å²) in [6.45, 7) is 5.26. The number of ketones is 1. The van der Waals surface area contributed by atoms with E-state index in [9.17, 15) is 14.4 Å². The van der Waals surface area contributed by atoms with E-state index in [1.54, 1.807) is 0 Å². The molecule has 0 unspecified atom stereocenters. The summed E-state index contributed by atoms with van der Waals surface area (Å²) in [5.41, 5.74) is 1.06. The Morgan fingerprint density at radius 3 is 2.66 bits per heavy atom. The van der Waals surface area contributed by atoms with Crippen LogP contribution in [0.1, 0.15) is 42.7 Å². The van der Waals surface area contributed by atoms with Crippen LogP contribution in [0, 0.1) is 5.92 Å². The molecule has 2 atom stereocenters. The van der Waals surface area contributed by atoms with Crippen molar-refractivity contribution in [3.8, 4) is 0 Å². The Bertz CT molecular complexity index is 976. The fraction of sp³-hybridized carbons (Fsp3) is 0.480. The van der Waals surface area contributed by atoms with Crippen LogP contribution >= 0.6 is 0 Å². The van der Waals surface area contributed by atoms with E-state index in [2.05, 4.69) is 15.3 Å². The van der Waals surface area contributed by atoms with Crippen molar-refractivity contribution >= 4 is 24.8 Å². The van der Waals surface area contributed by atoms with Gasteiger partial charge in [0.05, 0.1) is 18.8 Å². The van der Waals surface area contributed by atoms with Gasteiger partial charge in [0.25, 0.3) is 5.91 Å². The zero-order valence-corrected chi connectivity index (χ0v) is 20.6. The Morgan fingerprint density at radius 1 is 1.20 bits per heavy atom. The molecule has 1 aromatic carbocycles. The van der Waals surface area contributed by atoms with Crippen molar-refractivity contribution in [3.63, 3.8) is 0 Å². The third-order valence-electron chi connectivity index (χ3n) is 5.80. The number of Topliss-reactive ketones (excluding diaryl/α,β-unsaturated/α-hetero) is 1. The molecule has 0 aliphatic carbocycles. The predicted molar refractivity (Wildman–Crippen MR) is 132 cm³/mol. The van der Waals surface area contributed by atoms with Crippen LogP contribution in [0.2, 0.25) is 5.82 Å². The number of carbonyl (C=O) groups excluding carboxylic acids is 3. The Kier molecular flexibility index (Phi) is 9.92. The van der Waals surface area contributed by atoms with E-state index < -0.39 is 19.1 Å². The average Bonchev–Trinajstić information content (AvgIpc) is 2.82. The molecule has 2 heterocycles. The van der Waals surface area contributed by atoms with Crippen LogP contribution in [0.15, 0.2) is 48.9 Å². The number of benzene rings is 1. The Hall–Kier alpha value is -3.11. The van der Waals surface area contributed by atoms with Gasteiger partial charge in [-0.3, -0.25) is 24.3 Å². The van der Waals surface area contributed by atoms with Gasteiger partial charge in [0.2, 0.25) is 0 Å². The van der Waals surface area contributed by atoms with E-state index in [0.29, 0.717) is 26.0 Å². The predicted octanol–water partition coefficient (Wildman–Crippen LogP) is 2.19. The molecule has 1 aliphatic rings. The van der Waals surface area contributed by atoms with Gasteiger partial charge in [0.15, 0.2) is 5.78 Å². The van der Waals surface area contributed by atoms with Crippen LogP contribution in [-0.4, -0.2) is 72.4 Å². The number of hydrogen-bond acceptors (Lipinski definition) is 8. The number of hydrogen-bond donors (Lipinski definition) is 1. The van der Waals surface area contributed by atoms with Gasteiger partial charge in [0, 0.05) is 37.8 Å². The Balaban J connectivity index is 1.78. The minimum atomic E-state index is -0.810.